The zero-order valence-corrected chi connectivity index (χ0v) is 37.1. The number of rotatable bonds is 10. The molecule has 4 heterocycles. The number of aromatic nitrogens is 2. The molecule has 6 N–H and O–H groups in total. The highest BCUT2D eigenvalue weighted by molar-refractivity contribution is 6.01. The average Bonchev–Trinajstić information content (AvgIpc) is 3.32. The smallest absolute Gasteiger partial charge is 0.457 e. The van der Waals surface area contributed by atoms with Crippen LogP contribution in [0.2, 0.25) is 0 Å². The Morgan fingerprint density at radius 2 is 1.03 bits per heavy atom. The number of nitrogens with one attached hydrogen (secondary N) is 6. The maximum absolute atomic E-state index is 14.5. The maximum Gasteiger partial charge on any atom is 0.540 e. The first kappa shape index (κ1) is 51.8. The number of nitrogens with zero attached hydrogens (tertiary/aromatic N) is 2. The van der Waals surface area contributed by atoms with Crippen LogP contribution < -0.4 is 55.6 Å². The number of aryl methyl sites for hydroxylation is 1. The number of fused-ring (bicyclic) bond motifs is 2. The lowest BCUT2D eigenvalue weighted by atomic mass is 10.1. The Bertz CT molecular complexity index is 3130. The Morgan fingerprint density at radius 1 is 0.534 bits per heavy atom. The first-order chi connectivity index (χ1) is 34.4. The molecule has 2 aliphatic rings. The van der Waals surface area contributed by atoms with Gasteiger partial charge in [-0.15, -0.1) is 8.78 Å². The van der Waals surface area contributed by atoms with Crippen LogP contribution in [0.5, 0.6) is 40.2 Å². The van der Waals surface area contributed by atoms with Crippen LogP contribution in [0.1, 0.15) is 32.1 Å². The molecule has 0 fully saturated rings. The summed E-state index contributed by atoms with van der Waals surface area (Å²) in [6.45, 7) is 1.73. The summed E-state index contributed by atoms with van der Waals surface area (Å²) in [6, 6.07) is 15.7. The van der Waals surface area contributed by atoms with Crippen molar-refractivity contribution in [1.29, 1.82) is 0 Å². The van der Waals surface area contributed by atoms with Crippen LogP contribution in [0.15, 0.2) is 103 Å². The third-order valence-corrected chi connectivity index (χ3v) is 9.61. The van der Waals surface area contributed by atoms with Crippen molar-refractivity contribution in [2.45, 2.75) is 31.5 Å². The molecule has 382 valence electrons. The van der Waals surface area contributed by atoms with Crippen LogP contribution in [-0.2, 0) is 10.8 Å². The zero-order chi connectivity index (χ0) is 53.0. The number of alkyl halides is 8. The summed E-state index contributed by atoms with van der Waals surface area (Å²) in [5, 5.41) is 13.8. The van der Waals surface area contributed by atoms with Crippen LogP contribution >= 0.6 is 0 Å². The fourth-order valence-corrected chi connectivity index (χ4v) is 6.26. The molecule has 0 atom stereocenters. The van der Waals surface area contributed by atoms with Crippen molar-refractivity contribution in [3.63, 3.8) is 0 Å². The molecule has 0 bridgehead atoms. The Morgan fingerprint density at radius 3 is 1.60 bits per heavy atom. The van der Waals surface area contributed by atoms with Gasteiger partial charge in [-0.25, -0.2) is 18.7 Å². The van der Waals surface area contributed by atoms with Crippen LogP contribution in [-0.4, -0.2) is 66.5 Å². The number of halogens is 10. The van der Waals surface area contributed by atoms with Crippen molar-refractivity contribution >= 4 is 46.6 Å². The van der Waals surface area contributed by atoms with Crippen molar-refractivity contribution in [2.75, 3.05) is 35.4 Å². The number of carbonyl (C=O) groups is 4. The summed E-state index contributed by atoms with van der Waals surface area (Å²) >= 11 is 0. The normalized spacial score (nSPS) is 15.0. The Balaban J connectivity index is 0.000000214. The van der Waals surface area contributed by atoms with E-state index in [4.69, 9.17) is 9.47 Å². The highest BCUT2D eigenvalue weighted by Gasteiger charge is 2.66. The van der Waals surface area contributed by atoms with Gasteiger partial charge in [-0.2, -0.15) is 30.7 Å². The minimum atomic E-state index is -4.87. The van der Waals surface area contributed by atoms with Crippen LogP contribution in [0.3, 0.4) is 0 Å². The molecule has 4 aromatic carbocycles. The molecule has 2 aliphatic heterocycles. The standard InChI is InChI=1S/C23H18F4N4O5.C22H14F6N4O5/c1-12-9-13(3-5-17(12)34-15-7-8-29-16(11-15)20(32)28-2)30-21(33)31-14-4-6-18-19(10-14)36-23(26,27)22(24,25)35-18;1-29-19(33)14-9-11(6-7-30-14)35-16-5-3-13(17(23)18(16)24)32-20(34)31-10-2-4-15-12(8-10)21(25,26)37-22(27,28)36-15/h3-11H,1-2H3,(H,28,32)(H2,30,31,33);2-9H,1H3,(H,29,33)(H2,31,32,34). The average molecular weight is 1030 g/mol. The molecule has 0 saturated carbocycles. The van der Waals surface area contributed by atoms with Gasteiger partial charge >= 0.3 is 36.7 Å². The number of pyridine rings is 2. The predicted molar refractivity (Wildman–Crippen MR) is 233 cm³/mol. The minimum Gasteiger partial charge on any atom is -0.457 e. The Kier molecular flexibility index (Phi) is 14.4. The molecule has 0 spiro atoms. The van der Waals surface area contributed by atoms with Gasteiger partial charge in [-0.1, -0.05) is 0 Å². The second-order valence-corrected chi connectivity index (χ2v) is 14.8. The van der Waals surface area contributed by atoms with Gasteiger partial charge in [0.1, 0.15) is 34.4 Å². The quantitative estimate of drug-likeness (QED) is 0.0706. The zero-order valence-electron chi connectivity index (χ0n) is 37.1. The summed E-state index contributed by atoms with van der Waals surface area (Å²) in [5.41, 5.74) is -0.892. The highest BCUT2D eigenvalue weighted by Crippen LogP contribution is 2.49. The third kappa shape index (κ3) is 12.1. The first-order valence-electron chi connectivity index (χ1n) is 20.4. The van der Waals surface area contributed by atoms with E-state index in [-0.39, 0.29) is 34.4 Å². The highest BCUT2D eigenvalue weighted by atomic mass is 19.3. The Labute approximate surface area is 402 Å². The molecular weight excluding hydrogens is 1000 g/mol. The molecule has 2 aromatic heterocycles. The molecule has 6 amide bonds. The van der Waals surface area contributed by atoms with Gasteiger partial charge in [0.2, 0.25) is 5.82 Å². The number of ether oxygens (including phenoxy) is 6. The largest absolute Gasteiger partial charge is 0.540 e. The molecule has 0 unspecified atom stereocenters. The number of carbonyl (C=O) groups excluding carboxylic acids is 4. The molecule has 73 heavy (non-hydrogen) atoms. The fraction of sp³-hybridized carbons (Fsp3) is 0.156. The molecule has 0 aliphatic carbocycles. The summed E-state index contributed by atoms with van der Waals surface area (Å²) in [6.07, 6.45) is -16.1. The number of hydrogen-bond acceptors (Lipinski definition) is 12. The van der Waals surface area contributed by atoms with E-state index in [0.29, 0.717) is 28.8 Å². The lowest BCUT2D eigenvalue weighted by Gasteiger charge is -2.31. The van der Waals surface area contributed by atoms with E-state index >= 15 is 0 Å². The van der Waals surface area contributed by atoms with Crippen LogP contribution in [0.25, 0.3) is 0 Å². The molecule has 8 rings (SSSR count). The minimum absolute atomic E-state index is 0.00264. The fourth-order valence-electron chi connectivity index (χ4n) is 6.26. The molecule has 28 heteroatoms. The predicted octanol–water partition coefficient (Wildman–Crippen LogP) is 10.3. The SMILES string of the molecule is CNC(=O)c1cc(Oc2ccc(NC(=O)Nc3ccc4c(c3)C(F)(F)OC(F)(F)O4)c(F)c2F)ccn1.CNC(=O)c1cc(Oc2ccc(NC(=O)Nc3ccc4c(c3)OC(F)(F)C(F)(F)O4)cc2C)ccn1. The maximum atomic E-state index is 14.5. The number of hydrogen-bond donors (Lipinski definition) is 6. The Hall–Kier alpha value is -9.08. The van der Waals surface area contributed by atoms with E-state index in [1.54, 1.807) is 31.2 Å². The molecule has 0 saturated heterocycles. The summed E-state index contributed by atoms with van der Waals surface area (Å²) in [5.74, 6) is -5.81. The van der Waals surface area contributed by atoms with Gasteiger partial charge in [0, 0.05) is 61.8 Å². The van der Waals surface area contributed by atoms with Crippen LogP contribution in [0.4, 0.5) is 76.2 Å². The molecule has 18 nitrogen and oxygen atoms in total. The van der Waals surface area contributed by atoms with E-state index in [9.17, 15) is 63.1 Å². The van der Waals surface area contributed by atoms with Gasteiger partial charge in [-0.05, 0) is 85.3 Å². The van der Waals surface area contributed by atoms with Crippen molar-refractivity contribution in [3.05, 3.63) is 138 Å². The summed E-state index contributed by atoms with van der Waals surface area (Å²) in [7, 11) is 2.86. The summed E-state index contributed by atoms with van der Waals surface area (Å²) < 4.78 is 163. The van der Waals surface area contributed by atoms with Gasteiger partial charge in [0.25, 0.3) is 11.8 Å². The summed E-state index contributed by atoms with van der Waals surface area (Å²) in [4.78, 5) is 55.7. The monoisotopic (exact) mass is 1030 g/mol. The van der Waals surface area contributed by atoms with Crippen LogP contribution in [0, 0.1) is 18.6 Å². The number of urea groups is 2. The van der Waals surface area contributed by atoms with Crippen molar-refractivity contribution in [3.8, 4) is 40.2 Å². The van der Waals surface area contributed by atoms with Crippen molar-refractivity contribution in [1.82, 2.24) is 20.6 Å². The van der Waals surface area contributed by atoms with E-state index in [0.717, 1.165) is 36.4 Å². The second kappa shape index (κ2) is 20.3. The van der Waals surface area contributed by atoms with Gasteiger partial charge in [0.15, 0.2) is 23.1 Å². The number of amides is 6. The topological polar surface area (TPSA) is 222 Å². The van der Waals surface area contributed by atoms with E-state index < -0.39 is 88.5 Å². The molecule has 6 aromatic rings. The number of benzene rings is 4. The van der Waals surface area contributed by atoms with Gasteiger partial charge in [0.05, 0.1) is 11.3 Å². The molecule has 0 radical (unpaired) electrons. The van der Waals surface area contributed by atoms with Crippen molar-refractivity contribution in [2.24, 2.45) is 0 Å². The molecular formula is C45H32F10N8O10. The lowest BCUT2D eigenvalue weighted by molar-refractivity contribution is -0.461. The van der Waals surface area contributed by atoms with E-state index in [2.05, 4.69) is 55.5 Å². The van der Waals surface area contributed by atoms with E-state index in [1.165, 1.54) is 50.8 Å². The van der Waals surface area contributed by atoms with E-state index in [1.807, 2.05) is 5.32 Å². The second-order valence-electron chi connectivity index (χ2n) is 14.8. The third-order valence-electron chi connectivity index (χ3n) is 9.61. The lowest BCUT2D eigenvalue weighted by Crippen LogP contribution is -2.52. The first-order valence-corrected chi connectivity index (χ1v) is 20.4. The van der Waals surface area contributed by atoms with Gasteiger partial charge in [-0.3, -0.25) is 19.6 Å². The van der Waals surface area contributed by atoms with Crippen molar-refractivity contribution < 1.29 is 91.5 Å². The number of anilines is 4. The van der Waals surface area contributed by atoms with Gasteiger partial charge < -0.3 is 55.6 Å².